The van der Waals surface area contributed by atoms with E-state index >= 15 is 0 Å². The van der Waals surface area contributed by atoms with Gasteiger partial charge >= 0.3 is 11.9 Å². The Labute approximate surface area is 284 Å². The zero-order valence-electron chi connectivity index (χ0n) is 30.1. The molecule has 0 aromatic heterocycles. The Morgan fingerprint density at radius 3 is 1.87 bits per heavy atom. The Morgan fingerprint density at radius 1 is 0.723 bits per heavy atom. The second kappa shape index (κ2) is 16.4. The second-order valence-electron chi connectivity index (χ2n) is 14.0. The van der Waals surface area contributed by atoms with Crippen molar-refractivity contribution in [1.82, 2.24) is 0 Å². The molecule has 0 N–H and O–H groups in total. The van der Waals surface area contributed by atoms with Gasteiger partial charge < -0.3 is 13.9 Å². The molecule has 47 heavy (non-hydrogen) atoms. The number of hydrogen-bond acceptors (Lipinski definition) is 5. The smallest absolute Gasteiger partial charge is 0.338 e. The first-order chi connectivity index (χ1) is 22.1. The summed E-state index contributed by atoms with van der Waals surface area (Å²) in [7, 11) is -2.02. The van der Waals surface area contributed by atoms with E-state index in [-0.39, 0.29) is 5.04 Å². The van der Waals surface area contributed by atoms with Crippen molar-refractivity contribution in [1.29, 1.82) is 0 Å². The normalized spacial score (nSPS) is 11.7. The van der Waals surface area contributed by atoms with Gasteiger partial charge in [0.1, 0.15) is 11.5 Å². The maximum Gasteiger partial charge on any atom is 0.338 e. The first-order valence-corrected chi connectivity index (χ1v) is 19.8. The van der Waals surface area contributed by atoms with E-state index in [9.17, 15) is 9.59 Å². The molecule has 0 aliphatic carbocycles. The van der Waals surface area contributed by atoms with Crippen molar-refractivity contribution in [2.24, 2.45) is 0 Å². The molecule has 0 saturated carbocycles. The monoisotopic (exact) mass is 654 g/mol. The van der Waals surface area contributed by atoms with E-state index < -0.39 is 20.3 Å². The average molecular weight is 655 g/mol. The van der Waals surface area contributed by atoms with Crippen LogP contribution in [0.5, 0.6) is 11.5 Å². The molecule has 0 heterocycles. The van der Waals surface area contributed by atoms with Crippen LogP contribution >= 0.6 is 0 Å². The molecule has 0 unspecified atom stereocenters. The molecule has 0 aliphatic rings. The van der Waals surface area contributed by atoms with Gasteiger partial charge in [-0.15, -0.1) is 0 Å². The van der Waals surface area contributed by atoms with Gasteiger partial charge in [0.15, 0.2) is 8.32 Å². The van der Waals surface area contributed by atoms with Gasteiger partial charge in [-0.1, -0.05) is 103 Å². The minimum atomic E-state index is -2.02. The molecule has 0 fully saturated rings. The summed E-state index contributed by atoms with van der Waals surface area (Å²) in [6.45, 7) is 26.6. The topological polar surface area (TPSA) is 61.8 Å². The highest BCUT2D eigenvalue weighted by molar-refractivity contribution is 6.74. The number of unbranched alkanes of at least 4 members (excludes halogenated alkanes) is 2. The maximum absolute atomic E-state index is 12.8. The van der Waals surface area contributed by atoms with Crippen LogP contribution in [0.3, 0.4) is 0 Å². The third-order valence-electron chi connectivity index (χ3n) is 9.04. The largest absolute Gasteiger partial charge is 0.423 e. The summed E-state index contributed by atoms with van der Waals surface area (Å²) in [6.07, 6.45) is 6.03. The standard InChI is InChI=1S/C41H54O5Si/c1-12-14-15-16-30-17-19-32(20-18-30)35-22-21-33(25-31(35)13-2)36-27-37(45-39(42)28(3)4)34(26-38(36)46-40(43)29(5)6)23-24-44-47(10,11)41(7,8)9/h17-22,25-27H,3,5,12-16,23-24H2,1-2,4,6-11H3. The number of rotatable bonds is 15. The number of carbonyl (C=O) groups excluding carboxylic acids is 2. The van der Waals surface area contributed by atoms with Crippen molar-refractivity contribution in [3.8, 4) is 33.8 Å². The minimum absolute atomic E-state index is 0.0497. The van der Waals surface area contributed by atoms with Crippen molar-refractivity contribution in [3.63, 3.8) is 0 Å². The molecule has 0 bridgehead atoms. The van der Waals surface area contributed by atoms with E-state index in [1.165, 1.54) is 24.8 Å². The fourth-order valence-corrected chi connectivity index (χ4v) is 6.02. The molecule has 5 nitrogen and oxygen atoms in total. The maximum atomic E-state index is 12.8. The van der Waals surface area contributed by atoms with Crippen molar-refractivity contribution >= 4 is 20.3 Å². The van der Waals surface area contributed by atoms with Crippen LogP contribution in [0.15, 0.2) is 78.9 Å². The van der Waals surface area contributed by atoms with Crippen LogP contribution in [0.25, 0.3) is 22.3 Å². The van der Waals surface area contributed by atoms with E-state index in [1.807, 2.05) is 6.07 Å². The Balaban J connectivity index is 2.10. The van der Waals surface area contributed by atoms with Gasteiger partial charge in [-0.25, -0.2) is 9.59 Å². The second-order valence-corrected chi connectivity index (χ2v) is 18.8. The zero-order valence-corrected chi connectivity index (χ0v) is 31.1. The highest BCUT2D eigenvalue weighted by atomic mass is 28.4. The fourth-order valence-electron chi connectivity index (χ4n) is 4.97. The van der Waals surface area contributed by atoms with Crippen LogP contribution in [0.2, 0.25) is 18.1 Å². The van der Waals surface area contributed by atoms with E-state index in [1.54, 1.807) is 26.0 Å². The van der Waals surface area contributed by atoms with Gasteiger partial charge in [0, 0.05) is 28.9 Å². The van der Waals surface area contributed by atoms with E-state index in [2.05, 4.69) is 97.3 Å². The summed E-state index contributed by atoms with van der Waals surface area (Å²) in [4.78, 5) is 25.6. The molecular formula is C41H54O5Si. The van der Waals surface area contributed by atoms with Gasteiger partial charge in [-0.2, -0.15) is 0 Å². The third-order valence-corrected chi connectivity index (χ3v) is 13.6. The number of hydrogen-bond donors (Lipinski definition) is 0. The fraction of sp³-hybridized carbons (Fsp3) is 0.415. The lowest BCUT2D eigenvalue weighted by Crippen LogP contribution is -2.41. The predicted octanol–water partition coefficient (Wildman–Crippen LogP) is 10.8. The Hall–Kier alpha value is -3.74. The average Bonchev–Trinajstić information content (AvgIpc) is 3.01. The highest BCUT2D eigenvalue weighted by Crippen LogP contribution is 2.40. The van der Waals surface area contributed by atoms with Crippen LogP contribution in [0, 0.1) is 0 Å². The lowest BCUT2D eigenvalue weighted by molar-refractivity contribution is -0.131. The molecule has 0 radical (unpaired) electrons. The molecular weight excluding hydrogens is 601 g/mol. The van der Waals surface area contributed by atoms with Crippen molar-refractivity contribution < 1.29 is 23.5 Å². The summed E-state index contributed by atoms with van der Waals surface area (Å²) < 4.78 is 18.3. The molecule has 0 aliphatic heterocycles. The summed E-state index contributed by atoms with van der Waals surface area (Å²) in [5.41, 5.74) is 7.62. The van der Waals surface area contributed by atoms with Gasteiger partial charge in [0.25, 0.3) is 0 Å². The van der Waals surface area contributed by atoms with Crippen LogP contribution in [-0.2, 0) is 33.3 Å². The van der Waals surface area contributed by atoms with Gasteiger partial charge in [0.05, 0.1) is 0 Å². The van der Waals surface area contributed by atoms with Gasteiger partial charge in [0.2, 0.25) is 0 Å². The lowest BCUT2D eigenvalue weighted by Gasteiger charge is -2.36. The molecule has 0 spiro atoms. The minimum Gasteiger partial charge on any atom is -0.423 e. The molecule has 252 valence electrons. The Kier molecular flexibility index (Phi) is 13.1. The first kappa shape index (κ1) is 37.7. The summed E-state index contributed by atoms with van der Waals surface area (Å²) in [5, 5.41) is 0.0497. The SMILES string of the molecule is C=C(C)C(=O)Oc1cc(-c2ccc(-c3ccc(CCCCC)cc3)c(CC)c2)c(OC(=O)C(=C)C)cc1CCO[Si](C)(C)C(C)(C)C. The summed E-state index contributed by atoms with van der Waals surface area (Å²) >= 11 is 0. The van der Waals surface area contributed by atoms with E-state index in [0.29, 0.717) is 46.8 Å². The van der Waals surface area contributed by atoms with Crippen LogP contribution < -0.4 is 9.47 Å². The third kappa shape index (κ3) is 10.1. The zero-order chi connectivity index (χ0) is 34.9. The number of aryl methyl sites for hydroxylation is 2. The molecule has 3 aromatic rings. The predicted molar refractivity (Wildman–Crippen MR) is 198 cm³/mol. The lowest BCUT2D eigenvalue weighted by atomic mass is 9.92. The van der Waals surface area contributed by atoms with Gasteiger partial charge in [-0.3, -0.25) is 0 Å². The number of benzene rings is 3. The summed E-state index contributed by atoms with van der Waals surface area (Å²) in [5.74, 6) is -0.269. The molecule has 0 atom stereocenters. The molecule has 3 aromatic carbocycles. The van der Waals surface area contributed by atoms with Crippen LogP contribution in [-0.4, -0.2) is 26.9 Å². The van der Waals surface area contributed by atoms with Crippen molar-refractivity contribution in [3.05, 3.63) is 95.6 Å². The Morgan fingerprint density at radius 2 is 1.32 bits per heavy atom. The Bertz CT molecular complexity index is 1590. The summed E-state index contributed by atoms with van der Waals surface area (Å²) in [6, 6.07) is 18.7. The van der Waals surface area contributed by atoms with Crippen molar-refractivity contribution in [2.45, 2.75) is 105 Å². The van der Waals surface area contributed by atoms with Gasteiger partial charge in [-0.05, 0) is 97.6 Å². The molecule has 0 saturated heterocycles. The number of esters is 2. The molecule has 0 amide bonds. The molecule has 6 heteroatoms. The van der Waals surface area contributed by atoms with E-state index in [4.69, 9.17) is 13.9 Å². The van der Waals surface area contributed by atoms with Crippen LogP contribution in [0.1, 0.15) is 84.4 Å². The number of ether oxygens (including phenoxy) is 2. The highest BCUT2D eigenvalue weighted by Gasteiger charge is 2.37. The van der Waals surface area contributed by atoms with E-state index in [0.717, 1.165) is 35.1 Å². The van der Waals surface area contributed by atoms with Crippen LogP contribution in [0.4, 0.5) is 0 Å². The first-order valence-electron chi connectivity index (χ1n) is 16.9. The number of carbonyl (C=O) groups is 2. The quantitative estimate of drug-likeness (QED) is 0.0536. The molecule has 3 rings (SSSR count). The van der Waals surface area contributed by atoms with Crippen molar-refractivity contribution in [2.75, 3.05) is 6.61 Å².